The molecule has 0 bridgehead atoms. The minimum atomic E-state index is -4.13. The van der Waals surface area contributed by atoms with Gasteiger partial charge in [0, 0.05) is 17.6 Å². The van der Waals surface area contributed by atoms with Gasteiger partial charge < -0.3 is 10.2 Å². The molecule has 0 radical (unpaired) electrons. The molecule has 0 aliphatic rings. The highest BCUT2D eigenvalue weighted by Crippen LogP contribution is 2.27. The zero-order chi connectivity index (χ0) is 28.6. The molecular formula is C30H36ClN3O4S. The molecule has 7 nitrogen and oxygen atoms in total. The summed E-state index contributed by atoms with van der Waals surface area (Å²) < 4.78 is 28.7. The quantitative estimate of drug-likeness (QED) is 0.309. The molecule has 0 fully saturated rings. The molecule has 0 saturated heterocycles. The van der Waals surface area contributed by atoms with Crippen molar-refractivity contribution >= 4 is 39.1 Å². The van der Waals surface area contributed by atoms with E-state index in [1.54, 1.807) is 36.4 Å². The van der Waals surface area contributed by atoms with Gasteiger partial charge in [-0.2, -0.15) is 0 Å². The SMILES string of the molecule is CC[C@@H](C)NC(=O)[C@H](CC)N(Cc1ccccc1C)C(=O)CN(c1cccc(Cl)c1)S(=O)(=O)c1ccccc1. The Bertz CT molecular complexity index is 1380. The number of benzene rings is 3. The summed E-state index contributed by atoms with van der Waals surface area (Å²) in [5.41, 5.74) is 2.10. The second-order valence-electron chi connectivity index (χ2n) is 9.49. The lowest BCUT2D eigenvalue weighted by Crippen LogP contribution is -2.53. The highest BCUT2D eigenvalue weighted by Gasteiger charge is 2.34. The summed E-state index contributed by atoms with van der Waals surface area (Å²) in [6.07, 6.45) is 1.11. The fourth-order valence-corrected chi connectivity index (χ4v) is 5.82. The van der Waals surface area contributed by atoms with Gasteiger partial charge >= 0.3 is 0 Å². The number of rotatable bonds is 12. The van der Waals surface area contributed by atoms with Gasteiger partial charge in [0.25, 0.3) is 10.0 Å². The molecule has 39 heavy (non-hydrogen) atoms. The third-order valence-electron chi connectivity index (χ3n) is 6.70. The Balaban J connectivity index is 2.06. The molecule has 3 rings (SSSR count). The van der Waals surface area contributed by atoms with Crippen molar-refractivity contribution in [2.24, 2.45) is 0 Å². The van der Waals surface area contributed by atoms with Crippen molar-refractivity contribution < 1.29 is 18.0 Å². The molecule has 0 unspecified atom stereocenters. The second kappa shape index (κ2) is 13.6. The number of sulfonamides is 1. The van der Waals surface area contributed by atoms with E-state index in [9.17, 15) is 18.0 Å². The standard InChI is InChI=1S/C30H36ClN3O4S/c1-5-23(4)32-30(36)28(6-2)33(20-24-14-11-10-13-22(24)3)29(35)21-34(26-16-12-15-25(31)19-26)39(37,38)27-17-8-7-9-18-27/h7-19,23,28H,5-6,20-21H2,1-4H3,(H,32,36)/t23-,28+/m1/s1. The Kier molecular flexibility index (Phi) is 10.5. The number of halogens is 1. The minimum absolute atomic E-state index is 0.0461. The van der Waals surface area contributed by atoms with Crippen LogP contribution in [0.4, 0.5) is 5.69 Å². The first-order valence-corrected chi connectivity index (χ1v) is 14.9. The van der Waals surface area contributed by atoms with Gasteiger partial charge in [-0.15, -0.1) is 0 Å². The van der Waals surface area contributed by atoms with Gasteiger partial charge in [0.05, 0.1) is 10.6 Å². The van der Waals surface area contributed by atoms with E-state index in [1.807, 2.05) is 52.0 Å². The molecule has 9 heteroatoms. The average molecular weight is 570 g/mol. The van der Waals surface area contributed by atoms with Crippen LogP contribution in [0.3, 0.4) is 0 Å². The van der Waals surface area contributed by atoms with E-state index in [2.05, 4.69) is 5.32 Å². The van der Waals surface area contributed by atoms with Crippen molar-refractivity contribution in [3.8, 4) is 0 Å². The van der Waals surface area contributed by atoms with Gasteiger partial charge in [-0.1, -0.05) is 74.0 Å². The van der Waals surface area contributed by atoms with Crippen LogP contribution in [0.25, 0.3) is 0 Å². The maximum atomic E-state index is 14.1. The summed E-state index contributed by atoms with van der Waals surface area (Å²) in [4.78, 5) is 28.9. The summed E-state index contributed by atoms with van der Waals surface area (Å²) in [6.45, 7) is 7.32. The van der Waals surface area contributed by atoms with Crippen molar-refractivity contribution in [3.05, 3.63) is 95.0 Å². The Morgan fingerprint density at radius 3 is 2.21 bits per heavy atom. The van der Waals surface area contributed by atoms with Gasteiger partial charge in [0.2, 0.25) is 11.8 Å². The van der Waals surface area contributed by atoms with Crippen molar-refractivity contribution in [3.63, 3.8) is 0 Å². The van der Waals surface area contributed by atoms with Gasteiger partial charge in [0.15, 0.2) is 0 Å². The van der Waals surface area contributed by atoms with Gasteiger partial charge in [-0.25, -0.2) is 8.42 Å². The van der Waals surface area contributed by atoms with E-state index >= 15 is 0 Å². The van der Waals surface area contributed by atoms with E-state index in [0.29, 0.717) is 11.4 Å². The number of nitrogens with zero attached hydrogens (tertiary/aromatic N) is 2. The minimum Gasteiger partial charge on any atom is -0.352 e. The Morgan fingerprint density at radius 1 is 0.923 bits per heavy atom. The van der Waals surface area contributed by atoms with Gasteiger partial charge in [-0.3, -0.25) is 13.9 Å². The molecule has 0 spiro atoms. The summed E-state index contributed by atoms with van der Waals surface area (Å²) in [6, 6.07) is 21.1. The number of amides is 2. The Labute approximate surface area is 236 Å². The van der Waals surface area contributed by atoms with Crippen LogP contribution in [-0.4, -0.2) is 43.8 Å². The molecule has 0 saturated carbocycles. The van der Waals surface area contributed by atoms with Gasteiger partial charge in [0.1, 0.15) is 12.6 Å². The molecule has 2 atom stereocenters. The maximum Gasteiger partial charge on any atom is 0.264 e. The van der Waals surface area contributed by atoms with Gasteiger partial charge in [-0.05, 0) is 68.1 Å². The van der Waals surface area contributed by atoms with E-state index in [4.69, 9.17) is 11.6 Å². The van der Waals surface area contributed by atoms with Crippen molar-refractivity contribution in [1.29, 1.82) is 0 Å². The molecule has 0 aromatic heterocycles. The predicted octanol–water partition coefficient (Wildman–Crippen LogP) is 5.57. The molecule has 2 amide bonds. The maximum absolute atomic E-state index is 14.1. The number of hydrogen-bond acceptors (Lipinski definition) is 4. The fourth-order valence-electron chi connectivity index (χ4n) is 4.21. The topological polar surface area (TPSA) is 86.8 Å². The lowest BCUT2D eigenvalue weighted by Gasteiger charge is -2.34. The smallest absolute Gasteiger partial charge is 0.264 e. The largest absolute Gasteiger partial charge is 0.352 e. The summed E-state index contributed by atoms with van der Waals surface area (Å²) in [7, 11) is -4.13. The molecule has 208 valence electrons. The third-order valence-corrected chi connectivity index (χ3v) is 8.72. The van der Waals surface area contributed by atoms with Crippen molar-refractivity contribution in [2.45, 2.75) is 64.1 Å². The summed E-state index contributed by atoms with van der Waals surface area (Å²) in [5, 5.41) is 3.32. The lowest BCUT2D eigenvalue weighted by atomic mass is 10.1. The highest BCUT2D eigenvalue weighted by atomic mass is 35.5. The van der Waals surface area contributed by atoms with E-state index in [-0.39, 0.29) is 29.1 Å². The lowest BCUT2D eigenvalue weighted by molar-refractivity contribution is -0.140. The molecule has 3 aromatic carbocycles. The van der Waals surface area contributed by atoms with Crippen LogP contribution in [0.15, 0.2) is 83.8 Å². The van der Waals surface area contributed by atoms with Crippen LogP contribution in [0, 0.1) is 6.92 Å². The van der Waals surface area contributed by atoms with E-state index < -0.39 is 28.5 Å². The van der Waals surface area contributed by atoms with Crippen LogP contribution in [-0.2, 0) is 26.2 Å². The second-order valence-corrected chi connectivity index (χ2v) is 11.8. The molecular weight excluding hydrogens is 534 g/mol. The van der Waals surface area contributed by atoms with Crippen LogP contribution in [0.5, 0.6) is 0 Å². The molecule has 0 aliphatic heterocycles. The number of aryl methyl sites for hydroxylation is 1. The highest BCUT2D eigenvalue weighted by molar-refractivity contribution is 7.92. The molecule has 1 N–H and O–H groups in total. The van der Waals surface area contributed by atoms with Crippen LogP contribution in [0.2, 0.25) is 5.02 Å². The van der Waals surface area contributed by atoms with E-state index in [1.165, 1.54) is 23.1 Å². The van der Waals surface area contributed by atoms with Crippen LogP contribution in [0.1, 0.15) is 44.7 Å². The first kappa shape index (κ1) is 30.2. The summed E-state index contributed by atoms with van der Waals surface area (Å²) >= 11 is 6.22. The average Bonchev–Trinajstić information content (AvgIpc) is 2.92. The Morgan fingerprint density at radius 2 is 1.59 bits per heavy atom. The zero-order valence-electron chi connectivity index (χ0n) is 22.8. The van der Waals surface area contributed by atoms with Crippen LogP contribution >= 0.6 is 11.6 Å². The monoisotopic (exact) mass is 569 g/mol. The molecule has 0 heterocycles. The summed E-state index contributed by atoms with van der Waals surface area (Å²) in [5.74, 6) is -0.766. The van der Waals surface area contributed by atoms with Crippen LogP contribution < -0.4 is 9.62 Å². The fraction of sp³-hybridized carbons (Fsp3) is 0.333. The molecule has 3 aromatic rings. The zero-order valence-corrected chi connectivity index (χ0v) is 24.4. The predicted molar refractivity (Wildman–Crippen MR) is 156 cm³/mol. The van der Waals surface area contributed by atoms with Crippen molar-refractivity contribution in [2.75, 3.05) is 10.8 Å². The number of nitrogens with one attached hydrogen (secondary N) is 1. The first-order chi connectivity index (χ1) is 18.6. The number of anilines is 1. The van der Waals surface area contributed by atoms with E-state index in [0.717, 1.165) is 21.9 Å². The third kappa shape index (κ3) is 7.61. The number of carbonyl (C=O) groups is 2. The molecule has 0 aliphatic carbocycles. The number of carbonyl (C=O) groups excluding carboxylic acids is 2. The van der Waals surface area contributed by atoms with Crippen molar-refractivity contribution in [1.82, 2.24) is 10.2 Å². The first-order valence-electron chi connectivity index (χ1n) is 13.1. The number of hydrogen-bond donors (Lipinski definition) is 1. The normalized spacial score (nSPS) is 12.8. The Hall–Kier alpha value is -3.36.